The maximum Gasteiger partial charge on any atom is 0.104 e. The zero-order chi connectivity index (χ0) is 15.2. The number of rotatable bonds is 13. The van der Waals surface area contributed by atoms with Gasteiger partial charge in [0.15, 0.2) is 0 Å². The number of hydrogen-bond donors (Lipinski definition) is 1. The van der Waals surface area contributed by atoms with Gasteiger partial charge >= 0.3 is 0 Å². The van der Waals surface area contributed by atoms with E-state index in [1.165, 1.54) is 57.8 Å². The number of unbranched alkanes of at least 4 members (excludes halogenated alkanes) is 9. The smallest absolute Gasteiger partial charge is 0.104 e. The average molecular weight is 299 g/mol. The molecule has 1 rings (SSSR count). The first-order valence-electron chi connectivity index (χ1n) is 9.25. The molecule has 3 heteroatoms. The molecule has 126 valence electrons. The lowest BCUT2D eigenvalue weighted by atomic mass is 9.96. The topological polar surface area (TPSA) is 44.5 Å². The van der Waals surface area contributed by atoms with E-state index >= 15 is 0 Å². The Kier molecular flexibility index (Phi) is 11.2. The fraction of sp³-hybridized carbons (Fsp3) is 1.00. The SMILES string of the molecule is CCCCCCCCCCCCOC1(CN)CCCOC1. The maximum atomic E-state index is 6.04. The molecule has 2 N–H and O–H groups in total. The van der Waals surface area contributed by atoms with Crippen LogP contribution in [0.25, 0.3) is 0 Å². The van der Waals surface area contributed by atoms with Crippen LogP contribution in [0.3, 0.4) is 0 Å². The molecule has 1 atom stereocenters. The van der Waals surface area contributed by atoms with Crippen molar-refractivity contribution in [1.29, 1.82) is 0 Å². The zero-order valence-corrected chi connectivity index (χ0v) is 14.2. The average Bonchev–Trinajstić information content (AvgIpc) is 2.53. The van der Waals surface area contributed by atoms with Gasteiger partial charge in [-0.15, -0.1) is 0 Å². The molecule has 0 aliphatic carbocycles. The molecule has 0 saturated carbocycles. The summed E-state index contributed by atoms with van der Waals surface area (Å²) in [4.78, 5) is 0. The number of hydrogen-bond acceptors (Lipinski definition) is 3. The van der Waals surface area contributed by atoms with Crippen molar-refractivity contribution in [1.82, 2.24) is 0 Å². The maximum absolute atomic E-state index is 6.04. The quantitative estimate of drug-likeness (QED) is 0.512. The minimum absolute atomic E-state index is 0.183. The van der Waals surface area contributed by atoms with Gasteiger partial charge in [-0.25, -0.2) is 0 Å². The molecule has 0 aromatic rings. The Morgan fingerprint density at radius 1 is 0.952 bits per heavy atom. The standard InChI is InChI=1S/C18H37NO2/c1-2-3-4-5-6-7-8-9-10-11-15-21-18(16-19)13-12-14-20-17-18/h2-17,19H2,1H3. The van der Waals surface area contributed by atoms with Crippen LogP contribution in [0.2, 0.25) is 0 Å². The van der Waals surface area contributed by atoms with Crippen LogP contribution in [-0.4, -0.2) is 32.0 Å². The molecular formula is C18H37NO2. The second-order valence-electron chi connectivity index (χ2n) is 6.57. The van der Waals surface area contributed by atoms with Crippen molar-refractivity contribution in [3.05, 3.63) is 0 Å². The minimum atomic E-state index is -0.183. The second-order valence-corrected chi connectivity index (χ2v) is 6.57. The van der Waals surface area contributed by atoms with Crippen molar-refractivity contribution >= 4 is 0 Å². The summed E-state index contributed by atoms with van der Waals surface area (Å²) in [5.41, 5.74) is 5.68. The highest BCUT2D eigenvalue weighted by atomic mass is 16.5. The third-order valence-electron chi connectivity index (χ3n) is 4.56. The molecule has 1 aliphatic rings. The first-order valence-corrected chi connectivity index (χ1v) is 9.25. The lowest BCUT2D eigenvalue weighted by molar-refractivity contribution is -0.123. The Labute approximate surface area is 132 Å². The van der Waals surface area contributed by atoms with Crippen molar-refractivity contribution in [3.63, 3.8) is 0 Å². The van der Waals surface area contributed by atoms with E-state index in [9.17, 15) is 0 Å². The first kappa shape index (κ1) is 18.9. The van der Waals surface area contributed by atoms with E-state index in [2.05, 4.69) is 6.92 Å². The lowest BCUT2D eigenvalue weighted by Crippen LogP contribution is -2.48. The predicted octanol–water partition coefficient (Wildman–Crippen LogP) is 4.43. The van der Waals surface area contributed by atoms with Gasteiger partial charge in [0.25, 0.3) is 0 Å². The molecule has 1 aliphatic heterocycles. The predicted molar refractivity (Wildman–Crippen MR) is 89.6 cm³/mol. The highest BCUT2D eigenvalue weighted by molar-refractivity contribution is 4.84. The first-order chi connectivity index (χ1) is 10.3. The summed E-state index contributed by atoms with van der Waals surface area (Å²) in [7, 11) is 0. The van der Waals surface area contributed by atoms with E-state index in [4.69, 9.17) is 15.2 Å². The monoisotopic (exact) mass is 299 g/mol. The van der Waals surface area contributed by atoms with Crippen molar-refractivity contribution in [2.75, 3.05) is 26.4 Å². The molecule has 3 nitrogen and oxygen atoms in total. The van der Waals surface area contributed by atoms with E-state index in [-0.39, 0.29) is 5.60 Å². The summed E-state index contributed by atoms with van der Waals surface area (Å²) < 4.78 is 11.6. The summed E-state index contributed by atoms with van der Waals surface area (Å²) >= 11 is 0. The molecule has 0 aromatic heterocycles. The summed E-state index contributed by atoms with van der Waals surface area (Å²) in [5.74, 6) is 0. The van der Waals surface area contributed by atoms with Crippen LogP contribution in [0.4, 0.5) is 0 Å². The van der Waals surface area contributed by atoms with Gasteiger partial charge in [-0.05, 0) is 19.3 Å². The Balaban J connectivity index is 1.87. The highest BCUT2D eigenvalue weighted by Crippen LogP contribution is 2.23. The molecule has 0 spiro atoms. The van der Waals surface area contributed by atoms with Gasteiger partial charge in [0.2, 0.25) is 0 Å². The molecule has 0 amide bonds. The Hall–Kier alpha value is -0.120. The van der Waals surface area contributed by atoms with Crippen molar-refractivity contribution in [2.45, 2.75) is 89.6 Å². The van der Waals surface area contributed by atoms with Crippen molar-refractivity contribution in [3.8, 4) is 0 Å². The molecule has 1 saturated heterocycles. The van der Waals surface area contributed by atoms with Crippen LogP contribution in [-0.2, 0) is 9.47 Å². The molecule has 1 fully saturated rings. The summed E-state index contributed by atoms with van der Waals surface area (Å²) in [6.45, 7) is 5.25. The molecule has 0 bridgehead atoms. The third kappa shape index (κ3) is 8.80. The second kappa shape index (κ2) is 12.4. The van der Waals surface area contributed by atoms with Gasteiger partial charge < -0.3 is 15.2 Å². The number of nitrogens with two attached hydrogens (primary N) is 1. The van der Waals surface area contributed by atoms with Gasteiger partial charge in [0.05, 0.1) is 6.61 Å². The van der Waals surface area contributed by atoms with Gasteiger partial charge in [0, 0.05) is 19.8 Å². The van der Waals surface area contributed by atoms with Crippen molar-refractivity contribution in [2.24, 2.45) is 5.73 Å². The third-order valence-corrected chi connectivity index (χ3v) is 4.56. The van der Waals surface area contributed by atoms with Crippen LogP contribution in [0.1, 0.15) is 84.0 Å². The van der Waals surface area contributed by atoms with Crippen LogP contribution >= 0.6 is 0 Å². The van der Waals surface area contributed by atoms with E-state index < -0.39 is 0 Å². The Bertz CT molecular complexity index is 227. The van der Waals surface area contributed by atoms with Gasteiger partial charge in [-0.2, -0.15) is 0 Å². The molecule has 0 aromatic carbocycles. The van der Waals surface area contributed by atoms with Crippen molar-refractivity contribution < 1.29 is 9.47 Å². The fourth-order valence-electron chi connectivity index (χ4n) is 3.04. The summed E-state index contributed by atoms with van der Waals surface area (Å²) in [6.07, 6.45) is 15.8. The Morgan fingerprint density at radius 3 is 2.10 bits per heavy atom. The van der Waals surface area contributed by atoms with Gasteiger partial charge in [-0.1, -0.05) is 64.7 Å². The van der Waals surface area contributed by atoms with E-state index in [1.54, 1.807) is 0 Å². The Morgan fingerprint density at radius 2 is 1.57 bits per heavy atom. The zero-order valence-electron chi connectivity index (χ0n) is 14.2. The molecule has 0 radical (unpaired) electrons. The summed E-state index contributed by atoms with van der Waals surface area (Å²) in [5, 5.41) is 0. The largest absolute Gasteiger partial charge is 0.378 e. The highest BCUT2D eigenvalue weighted by Gasteiger charge is 2.32. The minimum Gasteiger partial charge on any atom is -0.378 e. The van der Waals surface area contributed by atoms with Crippen LogP contribution in [0, 0.1) is 0 Å². The van der Waals surface area contributed by atoms with E-state index in [0.29, 0.717) is 13.2 Å². The molecular weight excluding hydrogens is 262 g/mol. The molecule has 1 unspecified atom stereocenters. The molecule has 21 heavy (non-hydrogen) atoms. The van der Waals surface area contributed by atoms with E-state index in [0.717, 1.165) is 32.5 Å². The fourth-order valence-corrected chi connectivity index (χ4v) is 3.04. The van der Waals surface area contributed by atoms with Crippen LogP contribution in [0.15, 0.2) is 0 Å². The molecule has 1 heterocycles. The van der Waals surface area contributed by atoms with Gasteiger partial charge in [0.1, 0.15) is 5.60 Å². The van der Waals surface area contributed by atoms with E-state index in [1.807, 2.05) is 0 Å². The van der Waals surface area contributed by atoms with Crippen LogP contribution in [0.5, 0.6) is 0 Å². The normalized spacial score (nSPS) is 22.6. The van der Waals surface area contributed by atoms with Gasteiger partial charge in [-0.3, -0.25) is 0 Å². The summed E-state index contributed by atoms with van der Waals surface area (Å²) in [6, 6.07) is 0. The van der Waals surface area contributed by atoms with Crippen LogP contribution < -0.4 is 5.73 Å². The number of ether oxygens (including phenoxy) is 2. The lowest BCUT2D eigenvalue weighted by Gasteiger charge is -2.35.